The minimum absolute atomic E-state index is 0.0836. The molecule has 1 amide bonds. The van der Waals surface area contributed by atoms with Crippen molar-refractivity contribution in [3.8, 4) is 0 Å². The fourth-order valence-corrected chi connectivity index (χ4v) is 4.93. The molecule has 174 valence electrons. The number of rotatable bonds is 9. The number of carbonyl (C=O) groups is 1. The summed E-state index contributed by atoms with van der Waals surface area (Å²) in [6.07, 6.45) is 3.46. The number of sulfonamides is 1. The third-order valence-corrected chi connectivity index (χ3v) is 7.72. The van der Waals surface area contributed by atoms with E-state index in [1.807, 2.05) is 37.4 Å². The lowest BCUT2D eigenvalue weighted by Crippen LogP contribution is -2.39. The molecule has 4 rings (SSSR count). The number of nitrogens with one attached hydrogen (secondary N) is 2. The second-order valence-electron chi connectivity index (χ2n) is 8.16. The van der Waals surface area contributed by atoms with Crippen LogP contribution in [0.5, 0.6) is 0 Å². The highest BCUT2D eigenvalue weighted by Gasteiger charge is 2.24. The van der Waals surface area contributed by atoms with Crippen LogP contribution in [0.25, 0.3) is 21.9 Å². The molecule has 9 nitrogen and oxygen atoms in total. The number of fused-ring (bicyclic) bond motifs is 2. The lowest BCUT2D eigenvalue weighted by molar-refractivity contribution is -0.121. The van der Waals surface area contributed by atoms with Gasteiger partial charge in [0.25, 0.3) is 0 Å². The van der Waals surface area contributed by atoms with Gasteiger partial charge in [-0.25, -0.2) is 13.1 Å². The molecule has 0 saturated carbocycles. The first-order valence-corrected chi connectivity index (χ1v) is 12.4. The van der Waals surface area contributed by atoms with Gasteiger partial charge >= 0.3 is 0 Å². The SMILES string of the molecule is CC[C@H](C)n1nnc2cc(S(=O)(=O)N(C)CC(=O)NCCc3c[nH]c4ccccc34)ccc21. The molecule has 10 heteroatoms. The summed E-state index contributed by atoms with van der Waals surface area (Å²) in [5.74, 6) is -0.357. The maximum atomic E-state index is 13.0. The van der Waals surface area contributed by atoms with Gasteiger partial charge in [0.05, 0.1) is 23.0 Å². The summed E-state index contributed by atoms with van der Waals surface area (Å²) >= 11 is 0. The van der Waals surface area contributed by atoms with Crippen molar-refractivity contribution in [3.05, 3.63) is 54.2 Å². The van der Waals surface area contributed by atoms with E-state index in [1.165, 1.54) is 19.2 Å². The Hall–Kier alpha value is -3.24. The van der Waals surface area contributed by atoms with Gasteiger partial charge in [0.1, 0.15) is 5.52 Å². The van der Waals surface area contributed by atoms with Crippen molar-refractivity contribution in [3.63, 3.8) is 0 Å². The van der Waals surface area contributed by atoms with Crippen LogP contribution in [0.1, 0.15) is 31.9 Å². The smallest absolute Gasteiger partial charge is 0.243 e. The monoisotopic (exact) mass is 468 g/mol. The largest absolute Gasteiger partial charge is 0.361 e. The van der Waals surface area contributed by atoms with Gasteiger partial charge in [-0.2, -0.15) is 4.31 Å². The fraction of sp³-hybridized carbons (Fsp3) is 0.348. The van der Waals surface area contributed by atoms with Gasteiger partial charge in [-0.05, 0) is 49.6 Å². The van der Waals surface area contributed by atoms with Crippen LogP contribution >= 0.6 is 0 Å². The molecule has 2 N–H and O–H groups in total. The first kappa shape index (κ1) is 22.9. The zero-order valence-corrected chi connectivity index (χ0v) is 19.8. The minimum atomic E-state index is -3.85. The molecule has 2 aromatic carbocycles. The highest BCUT2D eigenvalue weighted by molar-refractivity contribution is 7.89. The predicted octanol–water partition coefficient (Wildman–Crippen LogP) is 2.86. The molecule has 0 bridgehead atoms. The summed E-state index contributed by atoms with van der Waals surface area (Å²) in [6.45, 7) is 4.23. The molecule has 0 aliphatic heterocycles. The van der Waals surface area contributed by atoms with Gasteiger partial charge in [-0.1, -0.05) is 30.3 Å². The first-order valence-electron chi connectivity index (χ1n) is 10.9. The molecule has 0 aliphatic rings. The Morgan fingerprint density at radius 2 is 2.03 bits per heavy atom. The standard InChI is InChI=1S/C23H28N6O3S/c1-4-16(2)29-22-10-9-18(13-21(22)26-27-29)33(31,32)28(3)15-23(30)24-12-11-17-14-25-20-8-6-5-7-19(17)20/h5-10,13-14,16,25H,4,11-12,15H2,1-3H3,(H,24,30)/t16-/m0/s1. The zero-order chi connectivity index (χ0) is 23.6. The Balaban J connectivity index is 1.38. The molecule has 1 atom stereocenters. The molecule has 33 heavy (non-hydrogen) atoms. The van der Waals surface area contributed by atoms with Gasteiger partial charge in [0, 0.05) is 30.7 Å². The lowest BCUT2D eigenvalue weighted by atomic mass is 10.1. The zero-order valence-electron chi connectivity index (χ0n) is 18.9. The number of aromatic nitrogens is 4. The number of hydrogen-bond acceptors (Lipinski definition) is 5. The second kappa shape index (κ2) is 9.32. The maximum Gasteiger partial charge on any atom is 0.243 e. The number of aromatic amines is 1. The lowest BCUT2D eigenvalue weighted by Gasteiger charge is -2.17. The fourth-order valence-electron chi connectivity index (χ4n) is 3.78. The molecule has 0 radical (unpaired) electrons. The van der Waals surface area contributed by atoms with E-state index in [4.69, 9.17) is 0 Å². The van der Waals surface area contributed by atoms with Crippen LogP contribution in [-0.2, 0) is 21.2 Å². The van der Waals surface area contributed by atoms with E-state index in [-0.39, 0.29) is 23.4 Å². The molecule has 0 aliphatic carbocycles. The van der Waals surface area contributed by atoms with Crippen molar-refractivity contribution < 1.29 is 13.2 Å². The molecule has 0 fully saturated rings. The topological polar surface area (TPSA) is 113 Å². The summed E-state index contributed by atoms with van der Waals surface area (Å²) in [7, 11) is -2.45. The highest BCUT2D eigenvalue weighted by Crippen LogP contribution is 2.23. The Bertz CT molecular complexity index is 1390. The number of carbonyl (C=O) groups excluding carboxylic acids is 1. The number of H-pyrrole nitrogens is 1. The summed E-state index contributed by atoms with van der Waals surface area (Å²) < 4.78 is 28.8. The van der Waals surface area contributed by atoms with Crippen LogP contribution in [0.15, 0.2) is 53.6 Å². The van der Waals surface area contributed by atoms with E-state index in [0.29, 0.717) is 18.5 Å². The van der Waals surface area contributed by atoms with Crippen LogP contribution in [-0.4, -0.2) is 58.7 Å². The van der Waals surface area contributed by atoms with Crippen molar-refractivity contribution in [1.82, 2.24) is 29.6 Å². The van der Waals surface area contributed by atoms with E-state index >= 15 is 0 Å². The maximum absolute atomic E-state index is 13.0. The molecule has 2 aromatic heterocycles. The number of amides is 1. The number of likely N-dealkylation sites (N-methyl/N-ethyl adjacent to an activating group) is 1. The number of hydrogen-bond donors (Lipinski definition) is 2. The van der Waals surface area contributed by atoms with Gasteiger partial charge in [0.2, 0.25) is 15.9 Å². The van der Waals surface area contributed by atoms with Crippen molar-refractivity contribution in [2.45, 2.75) is 37.6 Å². The van der Waals surface area contributed by atoms with E-state index in [2.05, 4.69) is 27.5 Å². The molecule has 4 aromatic rings. The van der Waals surface area contributed by atoms with E-state index in [9.17, 15) is 13.2 Å². The predicted molar refractivity (Wildman–Crippen MR) is 127 cm³/mol. The summed E-state index contributed by atoms with van der Waals surface area (Å²) in [5.41, 5.74) is 3.44. The van der Waals surface area contributed by atoms with Crippen LogP contribution in [0.3, 0.4) is 0 Å². The van der Waals surface area contributed by atoms with Gasteiger partial charge < -0.3 is 10.3 Å². The summed E-state index contributed by atoms with van der Waals surface area (Å²) in [4.78, 5) is 15.7. The number of nitrogens with zero attached hydrogens (tertiary/aromatic N) is 4. The average molecular weight is 469 g/mol. The Morgan fingerprint density at radius 1 is 1.24 bits per heavy atom. The Labute approximate surface area is 192 Å². The molecule has 2 heterocycles. The van der Waals surface area contributed by atoms with Gasteiger partial charge in [-0.3, -0.25) is 4.79 Å². The molecule has 0 saturated heterocycles. The van der Waals surface area contributed by atoms with Crippen molar-refractivity contribution in [1.29, 1.82) is 0 Å². The van der Waals surface area contributed by atoms with Crippen molar-refractivity contribution >= 4 is 37.9 Å². The molecule has 0 spiro atoms. The van der Waals surface area contributed by atoms with E-state index in [1.54, 1.807) is 10.7 Å². The first-order chi connectivity index (χ1) is 15.8. The van der Waals surface area contributed by atoms with Crippen LogP contribution in [0.2, 0.25) is 0 Å². The highest BCUT2D eigenvalue weighted by atomic mass is 32.2. The number of para-hydroxylation sites is 1. The quantitative estimate of drug-likeness (QED) is 0.392. The number of benzene rings is 2. The Kier molecular flexibility index (Phi) is 6.48. The van der Waals surface area contributed by atoms with Crippen LogP contribution in [0.4, 0.5) is 0 Å². The third kappa shape index (κ3) is 4.62. The Morgan fingerprint density at radius 3 is 2.82 bits per heavy atom. The van der Waals surface area contributed by atoms with Gasteiger partial charge in [-0.15, -0.1) is 5.10 Å². The summed E-state index contributed by atoms with van der Waals surface area (Å²) in [6, 6.07) is 12.9. The van der Waals surface area contributed by atoms with E-state index in [0.717, 1.165) is 32.7 Å². The van der Waals surface area contributed by atoms with Crippen molar-refractivity contribution in [2.75, 3.05) is 20.1 Å². The summed E-state index contributed by atoms with van der Waals surface area (Å²) in [5, 5.41) is 12.2. The third-order valence-electron chi connectivity index (χ3n) is 5.92. The van der Waals surface area contributed by atoms with E-state index < -0.39 is 10.0 Å². The average Bonchev–Trinajstić information content (AvgIpc) is 3.42. The van der Waals surface area contributed by atoms with Crippen LogP contribution in [0, 0.1) is 0 Å². The van der Waals surface area contributed by atoms with Crippen LogP contribution < -0.4 is 5.32 Å². The molecular formula is C23H28N6O3S. The molecular weight excluding hydrogens is 440 g/mol. The van der Waals surface area contributed by atoms with Gasteiger partial charge in [0.15, 0.2) is 0 Å². The molecule has 0 unspecified atom stereocenters. The van der Waals surface area contributed by atoms with Crippen molar-refractivity contribution in [2.24, 2.45) is 0 Å². The minimum Gasteiger partial charge on any atom is -0.361 e. The second-order valence-corrected chi connectivity index (χ2v) is 10.2. The normalized spacial score (nSPS) is 13.1.